The predicted octanol–water partition coefficient (Wildman–Crippen LogP) is 6.23. The monoisotopic (exact) mass is 284 g/mol. The number of aryl methyl sites for hydroxylation is 1. The quantitative estimate of drug-likeness (QED) is 0.541. The molecule has 0 unspecified atom stereocenters. The highest BCUT2D eigenvalue weighted by Gasteiger charge is 2.04. The molecule has 0 spiro atoms. The molecule has 2 aromatic carbocycles. The van der Waals surface area contributed by atoms with Crippen molar-refractivity contribution in [2.45, 2.75) is 64.7 Å². The van der Waals surface area contributed by atoms with Crippen molar-refractivity contribution < 1.29 is 5.11 Å². The highest BCUT2D eigenvalue weighted by Crippen LogP contribution is 2.28. The van der Waals surface area contributed by atoms with Crippen LogP contribution in [0.15, 0.2) is 36.4 Å². The van der Waals surface area contributed by atoms with E-state index in [0.717, 1.165) is 11.8 Å². The molecule has 0 saturated heterocycles. The summed E-state index contributed by atoms with van der Waals surface area (Å²) in [6.45, 7) is 2.27. The Morgan fingerprint density at radius 3 is 2.05 bits per heavy atom. The first kappa shape index (κ1) is 15.9. The predicted molar refractivity (Wildman–Crippen MR) is 91.9 cm³/mol. The van der Waals surface area contributed by atoms with Crippen LogP contribution in [0.4, 0.5) is 0 Å². The zero-order valence-electron chi connectivity index (χ0n) is 13.3. The molecule has 21 heavy (non-hydrogen) atoms. The Morgan fingerprint density at radius 1 is 0.714 bits per heavy atom. The van der Waals surface area contributed by atoms with Crippen LogP contribution in [0.25, 0.3) is 10.8 Å². The largest absolute Gasteiger partial charge is 0.507 e. The van der Waals surface area contributed by atoms with E-state index in [4.69, 9.17) is 0 Å². The van der Waals surface area contributed by atoms with Crippen LogP contribution in [0.3, 0.4) is 0 Å². The summed E-state index contributed by atoms with van der Waals surface area (Å²) in [7, 11) is 0. The molecule has 0 aliphatic heterocycles. The second kappa shape index (κ2) is 8.71. The molecule has 0 radical (unpaired) electrons. The Hall–Kier alpha value is -1.50. The van der Waals surface area contributed by atoms with Crippen molar-refractivity contribution in [2.75, 3.05) is 0 Å². The van der Waals surface area contributed by atoms with Crippen molar-refractivity contribution in [2.24, 2.45) is 0 Å². The van der Waals surface area contributed by atoms with Gasteiger partial charge in [0.15, 0.2) is 0 Å². The van der Waals surface area contributed by atoms with Crippen LogP contribution in [0.1, 0.15) is 63.9 Å². The highest BCUT2D eigenvalue weighted by atomic mass is 16.3. The van der Waals surface area contributed by atoms with E-state index in [1.807, 2.05) is 18.2 Å². The van der Waals surface area contributed by atoms with Crippen molar-refractivity contribution in [3.8, 4) is 5.75 Å². The number of hydrogen-bond donors (Lipinski definition) is 1. The van der Waals surface area contributed by atoms with Gasteiger partial charge in [-0.15, -0.1) is 0 Å². The summed E-state index contributed by atoms with van der Waals surface area (Å²) in [5.41, 5.74) is 1.37. The van der Waals surface area contributed by atoms with Gasteiger partial charge in [0.1, 0.15) is 5.75 Å². The van der Waals surface area contributed by atoms with Crippen molar-refractivity contribution in [1.29, 1.82) is 0 Å². The second-order valence-corrected chi connectivity index (χ2v) is 6.01. The molecule has 0 aliphatic rings. The number of hydrogen-bond acceptors (Lipinski definition) is 1. The lowest BCUT2D eigenvalue weighted by atomic mass is 9.98. The van der Waals surface area contributed by atoms with E-state index in [2.05, 4.69) is 25.1 Å². The topological polar surface area (TPSA) is 20.2 Å². The van der Waals surface area contributed by atoms with Crippen molar-refractivity contribution in [3.05, 3.63) is 42.0 Å². The Morgan fingerprint density at radius 2 is 1.33 bits per heavy atom. The summed E-state index contributed by atoms with van der Waals surface area (Å²) < 4.78 is 0. The fourth-order valence-electron chi connectivity index (χ4n) is 3.01. The number of unbranched alkanes of at least 4 members (excludes halogenated alkanes) is 7. The molecule has 0 aliphatic carbocycles. The van der Waals surface area contributed by atoms with Gasteiger partial charge in [0.2, 0.25) is 0 Å². The van der Waals surface area contributed by atoms with Crippen LogP contribution in [0.5, 0.6) is 5.75 Å². The third kappa shape index (κ3) is 4.77. The number of aromatic hydroxyl groups is 1. The van der Waals surface area contributed by atoms with E-state index < -0.39 is 0 Å². The SMILES string of the molecule is CCCCCCCCCCc1ccc(O)c2ccccc12. The Balaban J connectivity index is 1.78. The maximum Gasteiger partial charge on any atom is 0.123 e. The average Bonchev–Trinajstić information content (AvgIpc) is 2.52. The second-order valence-electron chi connectivity index (χ2n) is 6.01. The molecule has 0 atom stereocenters. The lowest BCUT2D eigenvalue weighted by Gasteiger charge is -2.08. The third-order valence-corrected chi connectivity index (χ3v) is 4.29. The van der Waals surface area contributed by atoms with Gasteiger partial charge < -0.3 is 5.11 Å². The van der Waals surface area contributed by atoms with Crippen LogP contribution in [0.2, 0.25) is 0 Å². The first-order valence-corrected chi connectivity index (χ1v) is 8.52. The van der Waals surface area contributed by atoms with Crippen LogP contribution in [0, 0.1) is 0 Å². The zero-order valence-corrected chi connectivity index (χ0v) is 13.3. The minimum atomic E-state index is 0.394. The van der Waals surface area contributed by atoms with E-state index in [-0.39, 0.29) is 0 Å². The Bertz CT molecular complexity index is 545. The molecule has 1 heteroatoms. The molecule has 2 aromatic rings. The number of benzene rings is 2. The fourth-order valence-corrected chi connectivity index (χ4v) is 3.01. The number of rotatable bonds is 9. The van der Waals surface area contributed by atoms with E-state index >= 15 is 0 Å². The Labute approximate surface area is 129 Å². The van der Waals surface area contributed by atoms with E-state index in [1.165, 1.54) is 62.3 Å². The van der Waals surface area contributed by atoms with Crippen LogP contribution < -0.4 is 0 Å². The van der Waals surface area contributed by atoms with Gasteiger partial charge >= 0.3 is 0 Å². The molecule has 0 fully saturated rings. The van der Waals surface area contributed by atoms with Crippen LogP contribution in [-0.2, 0) is 6.42 Å². The van der Waals surface area contributed by atoms with Gasteiger partial charge in [-0.05, 0) is 29.9 Å². The summed E-state index contributed by atoms with van der Waals surface area (Å²) in [5, 5.41) is 12.1. The Kier molecular flexibility index (Phi) is 6.59. The molecule has 0 amide bonds. The first-order valence-electron chi connectivity index (χ1n) is 8.52. The maximum absolute atomic E-state index is 9.91. The molecule has 114 valence electrons. The summed E-state index contributed by atoms with van der Waals surface area (Å²) >= 11 is 0. The van der Waals surface area contributed by atoms with Gasteiger partial charge in [0.25, 0.3) is 0 Å². The first-order chi connectivity index (χ1) is 10.3. The van der Waals surface area contributed by atoms with Crippen molar-refractivity contribution in [3.63, 3.8) is 0 Å². The summed E-state index contributed by atoms with van der Waals surface area (Å²) in [5.74, 6) is 0.394. The molecular weight excluding hydrogens is 256 g/mol. The van der Waals surface area contributed by atoms with Crippen molar-refractivity contribution >= 4 is 10.8 Å². The normalized spacial score (nSPS) is 11.1. The van der Waals surface area contributed by atoms with Crippen LogP contribution in [-0.4, -0.2) is 5.11 Å². The number of fused-ring (bicyclic) bond motifs is 1. The summed E-state index contributed by atoms with van der Waals surface area (Å²) in [4.78, 5) is 0. The van der Waals surface area contributed by atoms with E-state index in [0.29, 0.717) is 5.75 Å². The van der Waals surface area contributed by atoms with Gasteiger partial charge in [-0.3, -0.25) is 0 Å². The highest BCUT2D eigenvalue weighted by molar-refractivity contribution is 5.90. The molecule has 0 bridgehead atoms. The fraction of sp³-hybridized carbons (Fsp3) is 0.500. The zero-order chi connectivity index (χ0) is 14.9. The van der Waals surface area contributed by atoms with E-state index in [1.54, 1.807) is 0 Å². The molecular formula is C20H28O. The van der Waals surface area contributed by atoms with E-state index in [9.17, 15) is 5.11 Å². The standard InChI is InChI=1S/C20H28O/c1-2-3-4-5-6-7-8-9-12-17-15-16-20(21)19-14-11-10-13-18(17)19/h10-11,13-16,21H,2-9,12H2,1H3. The van der Waals surface area contributed by atoms with Crippen molar-refractivity contribution in [1.82, 2.24) is 0 Å². The van der Waals surface area contributed by atoms with Gasteiger partial charge in [-0.2, -0.15) is 0 Å². The molecule has 1 N–H and O–H groups in total. The number of phenols is 1. The van der Waals surface area contributed by atoms with Gasteiger partial charge in [0.05, 0.1) is 0 Å². The lowest BCUT2D eigenvalue weighted by Crippen LogP contribution is -1.89. The van der Waals surface area contributed by atoms with Crippen LogP contribution >= 0.6 is 0 Å². The lowest BCUT2D eigenvalue weighted by molar-refractivity contribution is 0.481. The third-order valence-electron chi connectivity index (χ3n) is 4.29. The molecule has 0 heterocycles. The summed E-state index contributed by atoms with van der Waals surface area (Å²) in [6, 6.07) is 12.1. The maximum atomic E-state index is 9.91. The molecule has 1 nitrogen and oxygen atoms in total. The molecule has 0 aromatic heterocycles. The smallest absolute Gasteiger partial charge is 0.123 e. The van der Waals surface area contributed by atoms with Gasteiger partial charge in [-0.1, -0.05) is 82.2 Å². The average molecular weight is 284 g/mol. The minimum absolute atomic E-state index is 0.394. The summed E-state index contributed by atoms with van der Waals surface area (Å²) in [6.07, 6.45) is 12.0. The number of phenolic OH excluding ortho intramolecular Hbond substituents is 1. The molecule has 2 rings (SSSR count). The van der Waals surface area contributed by atoms with Gasteiger partial charge in [-0.25, -0.2) is 0 Å². The van der Waals surface area contributed by atoms with Gasteiger partial charge in [0, 0.05) is 5.39 Å². The molecule has 0 saturated carbocycles. The minimum Gasteiger partial charge on any atom is -0.507 e.